The summed E-state index contributed by atoms with van der Waals surface area (Å²) in [7, 11) is 1.22. The number of aliphatic imine (C=N–C) groups is 1. The SMILES string of the molecule is CCOC(=O)[C@]1(COC(=O)c2cn(C)nc2C(F)(F)F)COC(c2ccc(F)cc2)=N1. The van der Waals surface area contributed by atoms with Crippen LogP contribution in [0.15, 0.2) is 35.5 Å². The van der Waals surface area contributed by atoms with Crippen molar-refractivity contribution in [2.45, 2.75) is 18.6 Å². The van der Waals surface area contributed by atoms with Gasteiger partial charge in [-0.25, -0.2) is 19.0 Å². The molecule has 1 aliphatic heterocycles. The number of carbonyl (C=O) groups excluding carboxylic acids is 2. The fourth-order valence-electron chi connectivity index (χ4n) is 2.80. The van der Waals surface area contributed by atoms with Gasteiger partial charge < -0.3 is 14.2 Å². The zero-order valence-electron chi connectivity index (χ0n) is 16.4. The number of hydrogen-bond acceptors (Lipinski definition) is 7. The predicted molar refractivity (Wildman–Crippen MR) is 96.7 cm³/mol. The summed E-state index contributed by atoms with van der Waals surface area (Å²) in [6.45, 7) is 0.409. The average molecular weight is 443 g/mol. The minimum atomic E-state index is -4.88. The number of halogens is 4. The monoisotopic (exact) mass is 443 g/mol. The Morgan fingerprint density at radius 2 is 1.90 bits per heavy atom. The maximum Gasteiger partial charge on any atom is 0.436 e. The van der Waals surface area contributed by atoms with Gasteiger partial charge in [0.05, 0.1) is 6.61 Å². The van der Waals surface area contributed by atoms with Gasteiger partial charge in [-0.2, -0.15) is 18.3 Å². The highest BCUT2D eigenvalue weighted by molar-refractivity contribution is 5.99. The van der Waals surface area contributed by atoms with E-state index in [9.17, 15) is 27.2 Å². The minimum absolute atomic E-state index is 0.0171. The normalized spacial score (nSPS) is 18.3. The van der Waals surface area contributed by atoms with Crippen molar-refractivity contribution >= 4 is 17.8 Å². The zero-order chi connectivity index (χ0) is 22.8. The minimum Gasteiger partial charge on any atom is -0.474 e. The average Bonchev–Trinajstić information content (AvgIpc) is 3.32. The van der Waals surface area contributed by atoms with Crippen molar-refractivity contribution in [3.8, 4) is 0 Å². The van der Waals surface area contributed by atoms with Crippen LogP contribution in [0.5, 0.6) is 0 Å². The Kier molecular flexibility index (Phi) is 6.00. The number of esters is 2. The molecule has 166 valence electrons. The lowest BCUT2D eigenvalue weighted by Gasteiger charge is -2.21. The Morgan fingerprint density at radius 3 is 2.52 bits per heavy atom. The van der Waals surface area contributed by atoms with Crippen LogP contribution < -0.4 is 0 Å². The predicted octanol–water partition coefficient (Wildman–Crippen LogP) is 2.51. The summed E-state index contributed by atoms with van der Waals surface area (Å²) in [5.74, 6) is -2.75. The van der Waals surface area contributed by atoms with Gasteiger partial charge in [0.15, 0.2) is 5.69 Å². The second kappa shape index (κ2) is 8.36. The highest BCUT2D eigenvalue weighted by Crippen LogP contribution is 2.31. The number of nitrogens with zero attached hydrogens (tertiary/aromatic N) is 3. The van der Waals surface area contributed by atoms with Gasteiger partial charge in [0.2, 0.25) is 11.4 Å². The first kappa shape index (κ1) is 22.2. The Labute approximate surface area is 173 Å². The summed E-state index contributed by atoms with van der Waals surface area (Å²) in [4.78, 5) is 29.0. The summed E-state index contributed by atoms with van der Waals surface area (Å²) < 4.78 is 68.7. The molecule has 0 unspecified atom stereocenters. The third-order valence-corrected chi connectivity index (χ3v) is 4.27. The molecule has 1 aromatic carbocycles. The zero-order valence-corrected chi connectivity index (χ0v) is 16.4. The van der Waals surface area contributed by atoms with Gasteiger partial charge in [0.1, 0.15) is 24.6 Å². The molecular formula is C19H17F4N3O5. The first-order valence-electron chi connectivity index (χ1n) is 8.99. The first-order valence-corrected chi connectivity index (χ1v) is 8.99. The van der Waals surface area contributed by atoms with E-state index in [1.807, 2.05) is 0 Å². The van der Waals surface area contributed by atoms with Gasteiger partial charge in [-0.15, -0.1) is 0 Å². The molecule has 8 nitrogen and oxygen atoms in total. The van der Waals surface area contributed by atoms with E-state index in [4.69, 9.17) is 14.2 Å². The molecule has 2 aromatic rings. The Balaban J connectivity index is 1.86. The summed E-state index contributed by atoms with van der Waals surface area (Å²) >= 11 is 0. The molecule has 0 saturated carbocycles. The molecule has 3 rings (SSSR count). The van der Waals surface area contributed by atoms with Crippen molar-refractivity contribution in [1.82, 2.24) is 9.78 Å². The molecule has 0 bridgehead atoms. The molecule has 1 aromatic heterocycles. The van der Waals surface area contributed by atoms with Gasteiger partial charge in [-0.3, -0.25) is 4.68 Å². The van der Waals surface area contributed by atoms with Gasteiger partial charge in [-0.05, 0) is 31.2 Å². The first-order chi connectivity index (χ1) is 14.6. The fraction of sp³-hybridized carbons (Fsp3) is 0.368. The van der Waals surface area contributed by atoms with Crippen molar-refractivity contribution in [3.05, 3.63) is 53.1 Å². The van der Waals surface area contributed by atoms with Crippen LogP contribution in [-0.2, 0) is 32.2 Å². The Bertz CT molecular complexity index is 1020. The summed E-state index contributed by atoms with van der Waals surface area (Å²) in [5, 5.41) is 3.24. The van der Waals surface area contributed by atoms with Crippen LogP contribution in [0.2, 0.25) is 0 Å². The van der Waals surface area contributed by atoms with Crippen LogP contribution in [0, 0.1) is 5.82 Å². The van der Waals surface area contributed by atoms with Crippen LogP contribution in [0.4, 0.5) is 17.6 Å². The smallest absolute Gasteiger partial charge is 0.436 e. The maximum absolute atomic E-state index is 13.1. The molecule has 1 aliphatic rings. The van der Waals surface area contributed by atoms with Crippen molar-refractivity contribution in [2.24, 2.45) is 12.0 Å². The number of aromatic nitrogens is 2. The van der Waals surface area contributed by atoms with Crippen molar-refractivity contribution < 1.29 is 41.4 Å². The standard InChI is InChI=1S/C19H17F4N3O5/c1-3-29-17(28)18(9-30-15(24-18)11-4-6-12(20)7-5-11)10-31-16(27)13-8-26(2)25-14(13)19(21,22)23/h4-8H,3,9-10H2,1-2H3/t18-/m1/s1. The lowest BCUT2D eigenvalue weighted by molar-refractivity contribution is -0.152. The molecule has 0 saturated heterocycles. The van der Waals surface area contributed by atoms with E-state index in [0.717, 1.165) is 23.0 Å². The van der Waals surface area contributed by atoms with E-state index in [1.54, 1.807) is 6.92 Å². The third-order valence-electron chi connectivity index (χ3n) is 4.27. The largest absolute Gasteiger partial charge is 0.474 e. The third kappa shape index (κ3) is 4.67. The quantitative estimate of drug-likeness (QED) is 0.503. The summed E-state index contributed by atoms with van der Waals surface area (Å²) in [6, 6.07) is 5.05. The van der Waals surface area contributed by atoms with E-state index in [2.05, 4.69) is 10.1 Å². The number of aryl methyl sites for hydroxylation is 1. The molecule has 0 amide bonds. The molecule has 0 radical (unpaired) electrons. The summed E-state index contributed by atoms with van der Waals surface area (Å²) in [6.07, 6.45) is -4.01. The number of benzene rings is 1. The Hall–Kier alpha value is -3.44. The van der Waals surface area contributed by atoms with Gasteiger partial charge in [0.25, 0.3) is 0 Å². The maximum atomic E-state index is 13.1. The van der Waals surface area contributed by atoms with Crippen LogP contribution in [0.25, 0.3) is 0 Å². The van der Waals surface area contributed by atoms with Crippen molar-refractivity contribution in [1.29, 1.82) is 0 Å². The van der Waals surface area contributed by atoms with Crippen LogP contribution in [-0.4, -0.2) is 53.0 Å². The van der Waals surface area contributed by atoms with E-state index in [0.29, 0.717) is 5.56 Å². The number of rotatable bonds is 6. The molecule has 12 heteroatoms. The van der Waals surface area contributed by atoms with E-state index in [-0.39, 0.29) is 19.1 Å². The molecule has 31 heavy (non-hydrogen) atoms. The number of hydrogen-bond donors (Lipinski definition) is 0. The van der Waals surface area contributed by atoms with Crippen molar-refractivity contribution in [2.75, 3.05) is 19.8 Å². The van der Waals surface area contributed by atoms with Crippen LogP contribution >= 0.6 is 0 Å². The molecule has 1 atom stereocenters. The fourth-order valence-corrected chi connectivity index (χ4v) is 2.80. The molecule has 0 spiro atoms. The van der Waals surface area contributed by atoms with Crippen molar-refractivity contribution in [3.63, 3.8) is 0 Å². The summed E-state index contributed by atoms with van der Waals surface area (Å²) in [5.41, 5.74) is -3.69. The molecular weight excluding hydrogens is 426 g/mol. The number of ether oxygens (including phenoxy) is 3. The molecule has 2 heterocycles. The van der Waals surface area contributed by atoms with E-state index in [1.165, 1.54) is 19.2 Å². The van der Waals surface area contributed by atoms with Crippen LogP contribution in [0.1, 0.15) is 28.5 Å². The topological polar surface area (TPSA) is 92.0 Å². The highest BCUT2D eigenvalue weighted by atomic mass is 19.4. The molecule has 0 N–H and O–H groups in total. The number of alkyl halides is 3. The Morgan fingerprint density at radius 1 is 1.23 bits per heavy atom. The van der Waals surface area contributed by atoms with Gasteiger partial charge in [0, 0.05) is 18.8 Å². The highest BCUT2D eigenvalue weighted by Gasteiger charge is 2.48. The molecule has 0 aliphatic carbocycles. The second-order valence-corrected chi connectivity index (χ2v) is 6.60. The second-order valence-electron chi connectivity index (χ2n) is 6.60. The van der Waals surface area contributed by atoms with Gasteiger partial charge >= 0.3 is 18.1 Å². The lowest BCUT2D eigenvalue weighted by atomic mass is 10.0. The van der Waals surface area contributed by atoms with Crippen LogP contribution in [0.3, 0.4) is 0 Å². The lowest BCUT2D eigenvalue weighted by Crippen LogP contribution is -2.45. The number of carbonyl (C=O) groups is 2. The molecule has 0 fully saturated rings. The van der Waals surface area contributed by atoms with E-state index < -0.39 is 47.3 Å². The van der Waals surface area contributed by atoms with E-state index >= 15 is 0 Å². The van der Waals surface area contributed by atoms with Gasteiger partial charge in [-0.1, -0.05) is 0 Å².